The lowest BCUT2D eigenvalue weighted by atomic mass is 9.45. The maximum atomic E-state index is 13.3. The topological polar surface area (TPSA) is 46.9 Å². The Morgan fingerprint density at radius 2 is 2.12 bits per heavy atom. The summed E-state index contributed by atoms with van der Waals surface area (Å²) in [6.07, 6.45) is 9.00. The highest BCUT2D eigenvalue weighted by Gasteiger charge is 2.54. The van der Waals surface area contributed by atoms with Crippen molar-refractivity contribution in [2.75, 3.05) is 12.4 Å². The molecule has 4 nitrogen and oxygen atoms in total. The van der Waals surface area contributed by atoms with Crippen molar-refractivity contribution in [3.8, 4) is 10.6 Å². The van der Waals surface area contributed by atoms with Crippen LogP contribution in [-0.2, 0) is 19.4 Å². The van der Waals surface area contributed by atoms with Gasteiger partial charge in [0.2, 0.25) is 0 Å². The lowest BCUT2D eigenvalue weighted by Crippen LogP contribution is -2.54. The van der Waals surface area contributed by atoms with Crippen LogP contribution >= 0.6 is 22.9 Å². The number of thiophene rings is 1. The molecule has 6 heteroatoms. The third-order valence-corrected chi connectivity index (χ3v) is 9.95. The zero-order chi connectivity index (χ0) is 22.5. The molecule has 2 bridgehead atoms. The molecule has 0 aromatic carbocycles. The first-order chi connectivity index (χ1) is 15.4. The van der Waals surface area contributed by atoms with Crippen LogP contribution in [-0.4, -0.2) is 28.1 Å². The second-order valence-corrected chi connectivity index (χ2v) is 12.4. The van der Waals surface area contributed by atoms with E-state index in [0.29, 0.717) is 22.9 Å². The van der Waals surface area contributed by atoms with E-state index < -0.39 is 0 Å². The van der Waals surface area contributed by atoms with E-state index in [4.69, 9.17) is 16.7 Å². The fourth-order valence-corrected chi connectivity index (χ4v) is 7.92. The van der Waals surface area contributed by atoms with E-state index in [2.05, 4.69) is 36.8 Å². The predicted octanol–water partition coefficient (Wildman–Crippen LogP) is 6.23. The lowest BCUT2D eigenvalue weighted by Gasteiger charge is -2.60. The number of rotatable bonds is 8. The summed E-state index contributed by atoms with van der Waals surface area (Å²) in [5.74, 6) is 2.99. The van der Waals surface area contributed by atoms with Gasteiger partial charge in [-0.05, 0) is 86.7 Å². The van der Waals surface area contributed by atoms with E-state index in [1.54, 1.807) is 0 Å². The highest BCUT2D eigenvalue weighted by atomic mass is 35.5. The number of halogens is 1. The molecule has 0 saturated heterocycles. The Bertz CT molecular complexity index is 1010. The van der Waals surface area contributed by atoms with Crippen LogP contribution in [0.5, 0.6) is 0 Å². The molecule has 3 unspecified atom stereocenters. The van der Waals surface area contributed by atoms with Crippen LogP contribution in [0.3, 0.4) is 0 Å². The van der Waals surface area contributed by atoms with Gasteiger partial charge in [0, 0.05) is 29.4 Å². The molecule has 1 amide bonds. The molecule has 0 aliphatic heterocycles. The van der Waals surface area contributed by atoms with Crippen molar-refractivity contribution < 1.29 is 4.79 Å². The van der Waals surface area contributed by atoms with E-state index in [9.17, 15) is 4.79 Å². The summed E-state index contributed by atoms with van der Waals surface area (Å²) in [4.78, 5) is 16.0. The Morgan fingerprint density at radius 1 is 1.28 bits per heavy atom. The highest BCUT2D eigenvalue weighted by Crippen LogP contribution is 2.61. The molecule has 3 saturated carbocycles. The van der Waals surface area contributed by atoms with E-state index in [1.165, 1.54) is 40.3 Å². The average molecular weight is 474 g/mol. The van der Waals surface area contributed by atoms with Gasteiger partial charge in [0.15, 0.2) is 5.69 Å². The van der Waals surface area contributed by atoms with Crippen molar-refractivity contribution >= 4 is 28.8 Å². The number of alkyl halides is 1. The number of hydrogen-bond donors (Lipinski definition) is 1. The molecule has 4 aliphatic carbocycles. The second kappa shape index (κ2) is 8.79. The molecule has 32 heavy (non-hydrogen) atoms. The Kier molecular flexibility index (Phi) is 6.17. The molecule has 2 heterocycles. The van der Waals surface area contributed by atoms with Crippen LogP contribution in [0, 0.1) is 30.1 Å². The van der Waals surface area contributed by atoms with E-state index in [0.717, 1.165) is 62.6 Å². The number of unbranched alkanes of at least 4 members (excludes halogenated alkanes) is 2. The first-order valence-electron chi connectivity index (χ1n) is 12.4. The quantitative estimate of drug-likeness (QED) is 0.365. The zero-order valence-corrected chi connectivity index (χ0v) is 21.2. The van der Waals surface area contributed by atoms with Crippen molar-refractivity contribution in [1.82, 2.24) is 15.1 Å². The normalized spacial score (nSPS) is 25.1. The molecular formula is C26H36ClN3OS. The van der Waals surface area contributed by atoms with Gasteiger partial charge in [0.05, 0.1) is 10.6 Å². The van der Waals surface area contributed by atoms with Gasteiger partial charge in [-0.3, -0.25) is 9.48 Å². The van der Waals surface area contributed by atoms with E-state index >= 15 is 0 Å². The average Bonchev–Trinajstić information content (AvgIpc) is 3.34. The number of carbonyl (C=O) groups is 1. The molecule has 0 spiro atoms. The van der Waals surface area contributed by atoms with Gasteiger partial charge in [0.25, 0.3) is 5.91 Å². The Labute approximate surface area is 201 Å². The van der Waals surface area contributed by atoms with Crippen molar-refractivity contribution in [3.63, 3.8) is 0 Å². The maximum absolute atomic E-state index is 13.3. The SMILES string of the molecule is Cc1cc2c(s1)-c1c(c(C(=O)NCC3CCC4CC3C4(C)C)nn1CCCCCCl)CC2. The van der Waals surface area contributed by atoms with Gasteiger partial charge in [-0.2, -0.15) is 5.10 Å². The molecular weight excluding hydrogens is 438 g/mol. The fourth-order valence-electron chi connectivity index (χ4n) is 6.59. The standard InChI is InChI=1S/C26H36ClN3OS/c1-16-13-17-8-10-20-22(29-30(12-6-4-5-11-27)23(20)24(17)32-16)25(31)28-15-18-7-9-19-14-21(18)26(19,2)3/h13,18-19,21H,4-12,14-15H2,1-3H3,(H,28,31). The fraction of sp³-hybridized carbons (Fsp3) is 0.692. The number of aryl methyl sites for hydroxylation is 3. The van der Waals surface area contributed by atoms with E-state index in [-0.39, 0.29) is 5.91 Å². The van der Waals surface area contributed by atoms with Gasteiger partial charge < -0.3 is 5.32 Å². The summed E-state index contributed by atoms with van der Waals surface area (Å²) >= 11 is 7.71. The molecule has 2 aromatic heterocycles. The molecule has 6 rings (SSSR count). The third kappa shape index (κ3) is 3.83. The molecule has 0 radical (unpaired) electrons. The summed E-state index contributed by atoms with van der Waals surface area (Å²) in [5.41, 5.74) is 4.88. The Balaban J connectivity index is 1.35. The smallest absolute Gasteiger partial charge is 0.272 e. The van der Waals surface area contributed by atoms with Gasteiger partial charge in [-0.25, -0.2) is 0 Å². The van der Waals surface area contributed by atoms with Crippen molar-refractivity contribution in [2.45, 2.75) is 78.7 Å². The number of aromatic nitrogens is 2. The first kappa shape index (κ1) is 22.5. The summed E-state index contributed by atoms with van der Waals surface area (Å²) in [7, 11) is 0. The highest BCUT2D eigenvalue weighted by molar-refractivity contribution is 7.15. The number of carbonyl (C=O) groups excluding carboxylic acids is 1. The Morgan fingerprint density at radius 3 is 2.88 bits per heavy atom. The Hall–Kier alpha value is -1.33. The number of amides is 1. The maximum Gasteiger partial charge on any atom is 0.272 e. The molecule has 3 atom stereocenters. The molecule has 3 fully saturated rings. The zero-order valence-electron chi connectivity index (χ0n) is 19.7. The number of fused-ring (bicyclic) bond motifs is 5. The van der Waals surface area contributed by atoms with Crippen LogP contribution in [0.25, 0.3) is 10.6 Å². The van der Waals surface area contributed by atoms with Crippen molar-refractivity contribution in [3.05, 3.63) is 27.8 Å². The number of nitrogens with zero attached hydrogens (tertiary/aromatic N) is 2. The first-order valence-corrected chi connectivity index (χ1v) is 13.8. The van der Waals surface area contributed by atoms with Crippen LogP contribution in [0.1, 0.15) is 78.9 Å². The third-order valence-electron chi connectivity index (χ3n) is 8.59. The monoisotopic (exact) mass is 473 g/mol. The van der Waals surface area contributed by atoms with Crippen LogP contribution in [0.15, 0.2) is 6.07 Å². The summed E-state index contributed by atoms with van der Waals surface area (Å²) in [5, 5.41) is 8.20. The van der Waals surface area contributed by atoms with Crippen LogP contribution < -0.4 is 5.32 Å². The van der Waals surface area contributed by atoms with Gasteiger partial charge in [-0.15, -0.1) is 22.9 Å². The number of hydrogen-bond acceptors (Lipinski definition) is 3. The second-order valence-electron chi connectivity index (χ2n) is 10.8. The van der Waals surface area contributed by atoms with Crippen LogP contribution in [0.4, 0.5) is 0 Å². The van der Waals surface area contributed by atoms with Crippen LogP contribution in [0.2, 0.25) is 0 Å². The molecule has 4 aliphatic rings. The minimum absolute atomic E-state index is 0.0248. The molecule has 174 valence electrons. The molecule has 2 aromatic rings. The van der Waals surface area contributed by atoms with Crippen molar-refractivity contribution in [1.29, 1.82) is 0 Å². The van der Waals surface area contributed by atoms with E-state index in [1.807, 2.05) is 11.3 Å². The van der Waals surface area contributed by atoms with Gasteiger partial charge >= 0.3 is 0 Å². The van der Waals surface area contributed by atoms with Crippen molar-refractivity contribution in [2.24, 2.45) is 23.2 Å². The summed E-state index contributed by atoms with van der Waals surface area (Å²) in [6.45, 7) is 8.66. The largest absolute Gasteiger partial charge is 0.350 e. The minimum atomic E-state index is 0.0248. The lowest BCUT2D eigenvalue weighted by molar-refractivity contribution is -0.103. The van der Waals surface area contributed by atoms with Gasteiger partial charge in [-0.1, -0.05) is 20.3 Å². The number of nitrogens with one attached hydrogen (secondary N) is 1. The minimum Gasteiger partial charge on any atom is -0.350 e. The summed E-state index contributed by atoms with van der Waals surface area (Å²) in [6, 6.07) is 2.31. The predicted molar refractivity (Wildman–Crippen MR) is 133 cm³/mol. The molecule has 1 N–H and O–H groups in total. The summed E-state index contributed by atoms with van der Waals surface area (Å²) < 4.78 is 2.12. The van der Waals surface area contributed by atoms with Gasteiger partial charge in [0.1, 0.15) is 0 Å².